The number of ether oxygens (including phenoxy) is 3. The molecule has 0 saturated carbocycles. The maximum Gasteiger partial charge on any atom is 0.338 e. The maximum atomic E-state index is 14.4. The summed E-state index contributed by atoms with van der Waals surface area (Å²) in [6, 6.07) is 19.0. The third-order valence-corrected chi connectivity index (χ3v) is 9.32. The van der Waals surface area contributed by atoms with Crippen molar-refractivity contribution >= 4 is 50.2 Å². The monoisotopic (exact) mass is 671 g/mol. The fraction of sp³-hybridized carbons (Fsp3) is 0.206. The molecule has 44 heavy (non-hydrogen) atoms. The summed E-state index contributed by atoms with van der Waals surface area (Å²) in [7, 11) is 3.10. The van der Waals surface area contributed by atoms with Crippen molar-refractivity contribution in [3.05, 3.63) is 113 Å². The number of rotatable bonds is 7. The number of halogens is 1. The van der Waals surface area contributed by atoms with Crippen molar-refractivity contribution in [2.24, 2.45) is 4.99 Å². The Hall–Kier alpha value is -4.41. The molecule has 1 N–H and O–H groups in total. The van der Waals surface area contributed by atoms with Crippen LogP contribution in [0, 0.1) is 6.92 Å². The zero-order valence-corrected chi connectivity index (χ0v) is 27.3. The van der Waals surface area contributed by atoms with Gasteiger partial charge in [-0.25, -0.2) is 9.79 Å². The summed E-state index contributed by atoms with van der Waals surface area (Å²) < 4.78 is 19.3. The number of aryl methyl sites for hydroxylation is 1. The van der Waals surface area contributed by atoms with Crippen molar-refractivity contribution in [3.63, 3.8) is 0 Å². The van der Waals surface area contributed by atoms with Crippen LogP contribution in [0.4, 0.5) is 0 Å². The molecule has 3 heterocycles. The van der Waals surface area contributed by atoms with Crippen LogP contribution in [-0.4, -0.2) is 36.3 Å². The highest BCUT2D eigenvalue weighted by Crippen LogP contribution is 2.41. The average molecular weight is 673 g/mol. The van der Waals surface area contributed by atoms with Crippen LogP contribution in [0.5, 0.6) is 11.5 Å². The fourth-order valence-corrected chi connectivity index (χ4v) is 7.17. The Kier molecular flexibility index (Phi) is 8.04. The third kappa shape index (κ3) is 5.07. The van der Waals surface area contributed by atoms with Gasteiger partial charge in [-0.15, -0.1) is 0 Å². The molecule has 0 unspecified atom stereocenters. The summed E-state index contributed by atoms with van der Waals surface area (Å²) in [5.41, 5.74) is 6.05. The van der Waals surface area contributed by atoms with E-state index in [4.69, 9.17) is 19.2 Å². The smallest absolute Gasteiger partial charge is 0.338 e. The number of nitrogens with zero attached hydrogens (tertiary/aromatic N) is 2. The van der Waals surface area contributed by atoms with E-state index in [1.54, 1.807) is 44.8 Å². The standard InChI is InChI=1S/C34H30BrN3O5S/c1-6-43-33(40)29-19(3)36-34-38(31(29)23-15-26(41-4)27(42-5)17-24(23)35)32(39)28(44-34)16-22-21-14-18(2)12-13-25(21)37-30(22)20-10-8-7-9-11-20/h7-17,31,37H,6H2,1-5H3/b28-16+/t31-/m1/s1. The first-order chi connectivity index (χ1) is 21.2. The fourth-order valence-electron chi connectivity index (χ4n) is 5.61. The number of methoxy groups -OCH3 is 2. The summed E-state index contributed by atoms with van der Waals surface area (Å²) in [6.07, 6.45) is 1.93. The van der Waals surface area contributed by atoms with Gasteiger partial charge in [-0.05, 0) is 62.2 Å². The Bertz CT molecular complexity index is 2140. The van der Waals surface area contributed by atoms with Crippen LogP contribution < -0.4 is 24.4 Å². The van der Waals surface area contributed by atoms with Crippen molar-refractivity contribution < 1.29 is 19.0 Å². The summed E-state index contributed by atoms with van der Waals surface area (Å²) in [6.45, 7) is 5.74. The lowest BCUT2D eigenvalue weighted by Crippen LogP contribution is -2.40. The molecule has 0 bridgehead atoms. The van der Waals surface area contributed by atoms with E-state index in [-0.39, 0.29) is 17.7 Å². The molecule has 224 valence electrons. The molecule has 6 rings (SSSR count). The van der Waals surface area contributed by atoms with E-state index in [2.05, 4.69) is 39.1 Å². The number of aromatic amines is 1. The molecular weight excluding hydrogens is 642 g/mol. The van der Waals surface area contributed by atoms with Gasteiger partial charge in [0.1, 0.15) is 0 Å². The number of fused-ring (bicyclic) bond motifs is 2. The number of allylic oxidation sites excluding steroid dienone is 1. The van der Waals surface area contributed by atoms with E-state index in [1.165, 1.54) is 11.3 Å². The third-order valence-electron chi connectivity index (χ3n) is 7.65. The molecule has 0 aliphatic carbocycles. The quantitative estimate of drug-likeness (QED) is 0.213. The van der Waals surface area contributed by atoms with Gasteiger partial charge in [0.2, 0.25) is 0 Å². The van der Waals surface area contributed by atoms with Gasteiger partial charge < -0.3 is 19.2 Å². The predicted molar refractivity (Wildman–Crippen MR) is 176 cm³/mol. The van der Waals surface area contributed by atoms with Crippen molar-refractivity contribution in [2.75, 3.05) is 20.8 Å². The highest BCUT2D eigenvalue weighted by atomic mass is 79.9. The Balaban J connectivity index is 1.64. The van der Waals surface area contributed by atoms with Crippen molar-refractivity contribution in [1.29, 1.82) is 0 Å². The Labute approximate surface area is 266 Å². The molecule has 0 spiro atoms. The van der Waals surface area contributed by atoms with Gasteiger partial charge in [0.15, 0.2) is 16.3 Å². The summed E-state index contributed by atoms with van der Waals surface area (Å²) in [5.74, 6) is 0.442. The van der Waals surface area contributed by atoms with Crippen LogP contribution in [0.1, 0.15) is 36.6 Å². The number of benzene rings is 3. The molecule has 1 aliphatic rings. The van der Waals surface area contributed by atoms with Crippen LogP contribution in [0.2, 0.25) is 0 Å². The summed E-state index contributed by atoms with van der Waals surface area (Å²) in [4.78, 5) is 36.6. The van der Waals surface area contributed by atoms with E-state index in [0.29, 0.717) is 36.6 Å². The zero-order valence-electron chi connectivity index (χ0n) is 24.9. The van der Waals surface area contributed by atoms with Crippen LogP contribution in [-0.2, 0) is 9.53 Å². The van der Waals surface area contributed by atoms with E-state index in [0.717, 1.165) is 33.3 Å². The number of carbonyl (C=O) groups excluding carboxylic acids is 1. The van der Waals surface area contributed by atoms with Crippen molar-refractivity contribution in [2.45, 2.75) is 26.8 Å². The predicted octanol–water partition coefficient (Wildman–Crippen LogP) is 6.03. The first kappa shape index (κ1) is 29.7. The second-order valence-corrected chi connectivity index (χ2v) is 12.2. The molecule has 3 aromatic carbocycles. The lowest BCUT2D eigenvalue weighted by Gasteiger charge is -2.26. The number of nitrogens with one attached hydrogen (secondary N) is 1. The minimum atomic E-state index is -0.819. The van der Waals surface area contributed by atoms with Crippen LogP contribution in [0.25, 0.3) is 28.2 Å². The Morgan fingerprint density at radius 2 is 1.80 bits per heavy atom. The lowest BCUT2D eigenvalue weighted by molar-refractivity contribution is -0.139. The summed E-state index contributed by atoms with van der Waals surface area (Å²) >= 11 is 4.95. The molecule has 8 nitrogen and oxygen atoms in total. The van der Waals surface area contributed by atoms with Crippen molar-refractivity contribution in [1.82, 2.24) is 9.55 Å². The van der Waals surface area contributed by atoms with Crippen LogP contribution in [0.15, 0.2) is 86.2 Å². The highest BCUT2D eigenvalue weighted by Gasteiger charge is 2.35. The first-order valence-corrected chi connectivity index (χ1v) is 15.7. The molecule has 0 fully saturated rings. The zero-order chi connectivity index (χ0) is 31.1. The largest absolute Gasteiger partial charge is 0.493 e. The first-order valence-electron chi connectivity index (χ1n) is 14.0. The van der Waals surface area contributed by atoms with Crippen molar-refractivity contribution in [3.8, 4) is 22.8 Å². The van der Waals surface area contributed by atoms with Gasteiger partial charge >= 0.3 is 5.97 Å². The number of H-pyrrole nitrogens is 1. The van der Waals surface area contributed by atoms with Gasteiger partial charge in [-0.3, -0.25) is 9.36 Å². The average Bonchev–Trinajstić information content (AvgIpc) is 3.53. The minimum Gasteiger partial charge on any atom is -0.493 e. The van der Waals surface area contributed by atoms with Gasteiger partial charge in [0.05, 0.1) is 48.4 Å². The van der Waals surface area contributed by atoms with Crippen LogP contribution in [0.3, 0.4) is 0 Å². The van der Waals surface area contributed by atoms with Gasteiger partial charge in [0, 0.05) is 20.9 Å². The SMILES string of the molecule is CCOC(=O)C1=C(C)N=c2s/c(=C/c3c(-c4ccccc4)[nH]c4ccc(C)cc34)c(=O)n2[C@@H]1c1cc(OC)c(OC)cc1Br. The molecule has 1 atom stereocenters. The van der Waals surface area contributed by atoms with Gasteiger partial charge in [-0.2, -0.15) is 0 Å². The number of carbonyl (C=O) groups is 1. The molecule has 0 radical (unpaired) electrons. The second kappa shape index (κ2) is 11.9. The number of aromatic nitrogens is 2. The molecular formula is C34H30BrN3O5S. The van der Waals surface area contributed by atoms with E-state index >= 15 is 0 Å². The molecule has 0 saturated heterocycles. The maximum absolute atomic E-state index is 14.4. The molecule has 1 aliphatic heterocycles. The number of hydrogen-bond donors (Lipinski definition) is 1. The molecule has 5 aromatic rings. The van der Waals surface area contributed by atoms with E-state index in [9.17, 15) is 9.59 Å². The Morgan fingerprint density at radius 3 is 2.50 bits per heavy atom. The molecule has 2 aromatic heterocycles. The van der Waals surface area contributed by atoms with E-state index < -0.39 is 12.0 Å². The number of hydrogen-bond acceptors (Lipinski definition) is 7. The lowest BCUT2D eigenvalue weighted by atomic mass is 9.95. The highest BCUT2D eigenvalue weighted by molar-refractivity contribution is 9.10. The van der Waals surface area contributed by atoms with E-state index in [1.807, 2.05) is 43.3 Å². The van der Waals surface area contributed by atoms with Gasteiger partial charge in [0.25, 0.3) is 5.56 Å². The number of thiazole rings is 1. The molecule has 10 heteroatoms. The number of esters is 1. The second-order valence-electron chi connectivity index (χ2n) is 10.4. The summed E-state index contributed by atoms with van der Waals surface area (Å²) in [5, 5.41) is 1.01. The minimum absolute atomic E-state index is 0.183. The normalized spacial score (nSPS) is 14.9. The van der Waals surface area contributed by atoms with Crippen LogP contribution >= 0.6 is 27.3 Å². The Morgan fingerprint density at radius 1 is 1.07 bits per heavy atom. The van der Waals surface area contributed by atoms with Gasteiger partial charge in [-0.1, -0.05) is 69.2 Å². The topological polar surface area (TPSA) is 94.9 Å². The molecule has 0 amide bonds.